The number of pyridine rings is 1. The smallest absolute Gasteiger partial charge is 0.409 e. The molecule has 14 nitrogen and oxygen atoms in total. The average Bonchev–Trinajstić information content (AvgIpc) is 3.66. The number of fused-ring (bicyclic) bond motifs is 2. The average molecular weight is 782 g/mol. The molecular formula is C43H59N9O5. The van der Waals surface area contributed by atoms with Crippen molar-refractivity contribution in [1.29, 1.82) is 0 Å². The number of nitrogens with zero attached hydrogens (tertiary/aromatic N) is 6. The molecule has 14 heteroatoms. The molecule has 57 heavy (non-hydrogen) atoms. The summed E-state index contributed by atoms with van der Waals surface area (Å²) < 4.78 is 6.85. The first kappa shape index (κ1) is 41.4. The van der Waals surface area contributed by atoms with Gasteiger partial charge in [0.25, 0.3) is 5.56 Å². The van der Waals surface area contributed by atoms with E-state index in [1.54, 1.807) is 15.7 Å². The Morgan fingerprint density at radius 1 is 0.947 bits per heavy atom. The Hall–Kier alpha value is -5.21. The number of likely N-dealkylation sites (tertiary alicyclic amines) is 2. The number of amides is 4. The second kappa shape index (κ2) is 19.3. The fourth-order valence-corrected chi connectivity index (χ4v) is 8.38. The molecule has 3 N–H and O–H groups in total. The molecule has 3 aliphatic heterocycles. The van der Waals surface area contributed by atoms with Gasteiger partial charge in [0.1, 0.15) is 6.04 Å². The van der Waals surface area contributed by atoms with E-state index >= 15 is 0 Å². The van der Waals surface area contributed by atoms with Crippen LogP contribution in [-0.4, -0.2) is 130 Å². The van der Waals surface area contributed by atoms with Gasteiger partial charge in [-0.05, 0) is 93.4 Å². The van der Waals surface area contributed by atoms with Crippen molar-refractivity contribution in [3.8, 4) is 0 Å². The summed E-state index contributed by atoms with van der Waals surface area (Å²) in [6.45, 7) is 15.8. The van der Waals surface area contributed by atoms with Crippen molar-refractivity contribution in [2.45, 2.75) is 77.6 Å². The second-order valence-electron chi connectivity index (χ2n) is 15.3. The standard InChI is InChI=1S/C41H53N9O5.C2H6/c1-4-13-42-41(54)55-27-50-26-32-23-29(22-28(2)37(32)45-50)24-36(39(52)48-20-18-47(19-21-48)33-11-14-46(3)15-12-33)44-40(53)49-16-9-30(10-17-49)34-25-31-7-5-6-8-35(31)43-38(34)51;1-2/h4-8,22-23,25-26,30,33,36H,1,9-21,24,27H2,2-3H3,(H,42,54)(H,43,51)(H,44,53);1-2H3. The fraction of sp³-hybridized carbons (Fsp3) is 0.512. The van der Waals surface area contributed by atoms with Crippen LogP contribution in [0.25, 0.3) is 21.8 Å². The lowest BCUT2D eigenvalue weighted by atomic mass is 9.89. The predicted molar refractivity (Wildman–Crippen MR) is 223 cm³/mol. The molecule has 0 spiro atoms. The van der Waals surface area contributed by atoms with Gasteiger partial charge in [0.05, 0.1) is 5.52 Å². The van der Waals surface area contributed by atoms with E-state index < -0.39 is 12.1 Å². The minimum Gasteiger partial charge on any atom is -0.426 e. The van der Waals surface area contributed by atoms with E-state index in [4.69, 9.17) is 4.74 Å². The molecule has 4 aromatic rings. The van der Waals surface area contributed by atoms with Crippen LogP contribution in [0.1, 0.15) is 62.1 Å². The van der Waals surface area contributed by atoms with Gasteiger partial charge in [-0.2, -0.15) is 5.10 Å². The number of piperazine rings is 1. The number of H-pyrrole nitrogens is 1. The number of aromatic amines is 1. The third-order valence-corrected chi connectivity index (χ3v) is 11.5. The number of ether oxygens (including phenoxy) is 1. The molecular weight excluding hydrogens is 723 g/mol. The lowest BCUT2D eigenvalue weighted by molar-refractivity contribution is -0.135. The molecule has 7 rings (SSSR count). The molecule has 3 aliphatic rings. The van der Waals surface area contributed by atoms with E-state index in [0.29, 0.717) is 58.0 Å². The Labute approximate surface area is 335 Å². The Morgan fingerprint density at radius 2 is 1.67 bits per heavy atom. The summed E-state index contributed by atoms with van der Waals surface area (Å²) in [4.78, 5) is 64.8. The molecule has 3 saturated heterocycles. The minimum atomic E-state index is -0.771. The van der Waals surface area contributed by atoms with Crippen LogP contribution in [-0.2, 0) is 22.7 Å². The number of nitrogens with one attached hydrogen (secondary N) is 3. The third kappa shape index (κ3) is 10.2. The molecule has 3 fully saturated rings. The second-order valence-corrected chi connectivity index (χ2v) is 15.3. The van der Waals surface area contributed by atoms with Gasteiger partial charge in [0.15, 0.2) is 6.73 Å². The van der Waals surface area contributed by atoms with E-state index in [1.807, 2.05) is 74.3 Å². The first-order valence-corrected chi connectivity index (χ1v) is 20.5. The highest BCUT2D eigenvalue weighted by molar-refractivity contribution is 5.88. The van der Waals surface area contributed by atoms with Gasteiger partial charge in [-0.1, -0.05) is 44.2 Å². The monoisotopic (exact) mass is 781 g/mol. The van der Waals surface area contributed by atoms with Gasteiger partial charge in [-0.25, -0.2) is 14.3 Å². The zero-order chi connectivity index (χ0) is 40.5. The molecule has 1 unspecified atom stereocenters. The van der Waals surface area contributed by atoms with Crippen LogP contribution in [0.3, 0.4) is 0 Å². The molecule has 2 aromatic carbocycles. The van der Waals surface area contributed by atoms with Crippen LogP contribution in [0.2, 0.25) is 0 Å². The minimum absolute atomic E-state index is 0.0400. The molecule has 1 atom stereocenters. The number of alkyl carbamates (subject to hydrolysis) is 1. The summed E-state index contributed by atoms with van der Waals surface area (Å²) >= 11 is 0. The van der Waals surface area contributed by atoms with Crippen LogP contribution in [0.4, 0.5) is 9.59 Å². The molecule has 2 aromatic heterocycles. The Balaban J connectivity index is 0.00000270. The normalized spacial score (nSPS) is 17.8. The molecule has 0 bridgehead atoms. The Kier molecular flexibility index (Phi) is 14.0. The summed E-state index contributed by atoms with van der Waals surface area (Å²) in [5.41, 5.74) is 4.06. The van der Waals surface area contributed by atoms with Crippen molar-refractivity contribution in [3.05, 3.63) is 88.4 Å². The summed E-state index contributed by atoms with van der Waals surface area (Å²) in [5, 5.41) is 12.2. The van der Waals surface area contributed by atoms with Crippen molar-refractivity contribution >= 4 is 39.8 Å². The van der Waals surface area contributed by atoms with Crippen LogP contribution in [0, 0.1) is 6.92 Å². The topological polar surface area (TPSA) is 148 Å². The highest BCUT2D eigenvalue weighted by Gasteiger charge is 2.34. The van der Waals surface area contributed by atoms with Gasteiger partial charge in [0.2, 0.25) is 5.91 Å². The van der Waals surface area contributed by atoms with Gasteiger partial charge < -0.3 is 35.1 Å². The van der Waals surface area contributed by atoms with Gasteiger partial charge in [0, 0.05) is 80.9 Å². The van der Waals surface area contributed by atoms with Crippen LogP contribution in [0.5, 0.6) is 0 Å². The number of carbonyl (C=O) groups is 3. The molecule has 5 heterocycles. The van der Waals surface area contributed by atoms with Crippen molar-refractivity contribution in [3.63, 3.8) is 0 Å². The van der Waals surface area contributed by atoms with Crippen molar-refractivity contribution in [2.75, 3.05) is 66.0 Å². The number of piperidine rings is 2. The summed E-state index contributed by atoms with van der Waals surface area (Å²) in [5.74, 6) is -0.0421. The summed E-state index contributed by atoms with van der Waals surface area (Å²) in [7, 11) is 2.17. The number of aryl methyl sites for hydroxylation is 1. The maximum absolute atomic E-state index is 14.4. The number of urea groups is 1. The number of hydrogen-bond donors (Lipinski definition) is 3. The molecule has 4 amide bonds. The zero-order valence-electron chi connectivity index (χ0n) is 34.0. The predicted octanol–water partition coefficient (Wildman–Crippen LogP) is 4.82. The number of hydrogen-bond acceptors (Lipinski definition) is 8. The number of para-hydroxylation sites is 1. The third-order valence-electron chi connectivity index (χ3n) is 11.5. The maximum atomic E-state index is 14.4. The number of benzene rings is 2. The lowest BCUT2D eigenvalue weighted by Gasteiger charge is -2.43. The molecule has 0 radical (unpaired) electrons. The van der Waals surface area contributed by atoms with Gasteiger partial charge in [-0.3, -0.25) is 14.5 Å². The Bertz CT molecular complexity index is 2070. The van der Waals surface area contributed by atoms with Crippen LogP contribution in [0.15, 0.2) is 66.1 Å². The van der Waals surface area contributed by atoms with Crippen molar-refractivity contribution < 1.29 is 19.1 Å². The summed E-state index contributed by atoms with van der Waals surface area (Å²) in [6.07, 6.45) is 6.74. The molecule has 0 saturated carbocycles. The van der Waals surface area contributed by atoms with Crippen molar-refractivity contribution in [2.24, 2.45) is 0 Å². The number of rotatable bonds is 10. The Morgan fingerprint density at radius 3 is 2.39 bits per heavy atom. The lowest BCUT2D eigenvalue weighted by Crippen LogP contribution is -2.59. The van der Waals surface area contributed by atoms with E-state index in [9.17, 15) is 19.2 Å². The highest BCUT2D eigenvalue weighted by atomic mass is 16.6. The first-order chi connectivity index (χ1) is 27.6. The molecule has 306 valence electrons. The van der Waals surface area contributed by atoms with Crippen LogP contribution < -0.4 is 16.2 Å². The van der Waals surface area contributed by atoms with Crippen LogP contribution >= 0.6 is 0 Å². The van der Waals surface area contributed by atoms with Gasteiger partial charge >= 0.3 is 12.1 Å². The zero-order valence-corrected chi connectivity index (χ0v) is 34.0. The SMILES string of the molecule is C=CCNC(=O)OCn1cc2cc(CC(NC(=O)N3CCC(c4cc5ccccc5[nH]c4=O)CC3)C(=O)N3CCN(C4CCN(C)CC4)CC3)cc(C)c2n1.CC. The number of aromatic nitrogens is 3. The van der Waals surface area contributed by atoms with E-state index in [0.717, 1.165) is 77.5 Å². The van der Waals surface area contributed by atoms with E-state index in [1.165, 1.54) is 0 Å². The van der Waals surface area contributed by atoms with Gasteiger partial charge in [-0.15, -0.1) is 6.58 Å². The van der Waals surface area contributed by atoms with E-state index in [-0.39, 0.29) is 30.1 Å². The van der Waals surface area contributed by atoms with E-state index in [2.05, 4.69) is 44.1 Å². The quantitative estimate of drug-likeness (QED) is 0.194. The van der Waals surface area contributed by atoms with Crippen molar-refractivity contribution in [1.82, 2.24) is 45.0 Å². The maximum Gasteiger partial charge on any atom is 0.409 e. The molecule has 0 aliphatic carbocycles. The highest BCUT2D eigenvalue weighted by Crippen LogP contribution is 2.28. The fourth-order valence-electron chi connectivity index (χ4n) is 8.38. The first-order valence-electron chi connectivity index (χ1n) is 20.5. The summed E-state index contributed by atoms with van der Waals surface area (Å²) in [6, 6.07) is 13.2. The number of carbonyl (C=O) groups excluding carboxylic acids is 3. The largest absolute Gasteiger partial charge is 0.426 e.